The highest BCUT2D eigenvalue weighted by Gasteiger charge is 2.27. The molecule has 0 fully saturated rings. The number of carbonyl (C=O) groups is 8. The Kier molecular flexibility index (Phi) is 27.4. The second-order valence-electron chi connectivity index (χ2n) is 19.0. The standard InChI is InChI=1S/4C17H15NO6/c4*1-3-24-16(19)11-8-9-13(17(20)23-2)14(10-11)12-6-4-5-7-15(12)18(21)22/h4*4-10H,3H2,1-2H3. The number of nitrogens with zero attached hydrogens (tertiary/aromatic N) is 4. The van der Waals surface area contributed by atoms with Gasteiger partial charge in [-0.3, -0.25) is 40.5 Å². The Hall–Kier alpha value is -12.9. The zero-order valence-electron chi connectivity index (χ0n) is 52.6. The van der Waals surface area contributed by atoms with E-state index in [1.54, 1.807) is 52.0 Å². The topological polar surface area (TPSA) is 383 Å². The lowest BCUT2D eigenvalue weighted by Crippen LogP contribution is -2.09. The first-order valence-corrected chi connectivity index (χ1v) is 28.5. The first-order valence-electron chi connectivity index (χ1n) is 28.5. The summed E-state index contributed by atoms with van der Waals surface area (Å²) in [6, 6.07) is 40.7. The van der Waals surface area contributed by atoms with Crippen molar-refractivity contribution in [1.82, 2.24) is 0 Å². The minimum absolute atomic E-state index is 0.125. The molecule has 0 heterocycles. The molecule has 0 spiro atoms. The summed E-state index contributed by atoms with van der Waals surface area (Å²) in [5, 5.41) is 45.1. The van der Waals surface area contributed by atoms with E-state index < -0.39 is 67.4 Å². The smallest absolute Gasteiger partial charge is 0.338 e. The van der Waals surface area contributed by atoms with Crippen LogP contribution in [0.2, 0.25) is 0 Å². The number of para-hydroxylation sites is 4. The van der Waals surface area contributed by atoms with Crippen LogP contribution in [0.3, 0.4) is 0 Å². The summed E-state index contributed by atoms with van der Waals surface area (Å²) >= 11 is 0. The maximum absolute atomic E-state index is 12.0. The molecule has 28 heteroatoms. The van der Waals surface area contributed by atoms with Crippen molar-refractivity contribution in [3.05, 3.63) is 255 Å². The van der Waals surface area contributed by atoms with Crippen LogP contribution in [-0.2, 0) is 37.9 Å². The van der Waals surface area contributed by atoms with Gasteiger partial charge in [0.25, 0.3) is 22.7 Å². The van der Waals surface area contributed by atoms with Gasteiger partial charge in [0.2, 0.25) is 0 Å². The lowest BCUT2D eigenvalue weighted by molar-refractivity contribution is -0.384. The van der Waals surface area contributed by atoms with E-state index in [0.29, 0.717) is 0 Å². The monoisotopic (exact) mass is 1320 g/mol. The molecule has 0 aromatic heterocycles. The fraction of sp³-hybridized carbons (Fsp3) is 0.176. The highest BCUT2D eigenvalue weighted by atomic mass is 16.6. The summed E-state index contributed by atoms with van der Waals surface area (Å²) in [7, 11) is 4.85. The van der Waals surface area contributed by atoms with Crippen molar-refractivity contribution in [2.45, 2.75) is 27.7 Å². The highest BCUT2D eigenvalue weighted by molar-refractivity contribution is 6.05. The van der Waals surface area contributed by atoms with E-state index in [9.17, 15) is 78.8 Å². The van der Waals surface area contributed by atoms with Crippen LogP contribution in [0.4, 0.5) is 22.7 Å². The minimum atomic E-state index is -0.654. The summed E-state index contributed by atoms with van der Waals surface area (Å²) in [5.41, 5.74) is 2.37. The van der Waals surface area contributed by atoms with Gasteiger partial charge in [-0.1, -0.05) is 48.5 Å². The SMILES string of the molecule is CCOC(=O)c1ccc(C(=O)OC)c(-c2ccccc2[N+](=O)[O-])c1.CCOC(=O)c1ccc(C(=O)OC)c(-c2ccccc2[N+](=O)[O-])c1.CCOC(=O)c1ccc(C(=O)OC)c(-c2ccccc2[N+](=O)[O-])c1.CCOC(=O)c1ccc(C(=O)OC)c(-c2ccccc2[N+](=O)[O-])c1. The summed E-state index contributed by atoms with van der Waals surface area (Å²) < 4.78 is 38.6. The predicted octanol–water partition coefficient (Wildman–Crippen LogP) is 12.9. The van der Waals surface area contributed by atoms with E-state index in [0.717, 1.165) is 0 Å². The summed E-state index contributed by atoms with van der Waals surface area (Å²) in [4.78, 5) is 139. The zero-order chi connectivity index (χ0) is 70.8. The van der Waals surface area contributed by atoms with E-state index in [2.05, 4.69) is 0 Å². The fourth-order valence-electron chi connectivity index (χ4n) is 9.03. The van der Waals surface area contributed by atoms with Gasteiger partial charge < -0.3 is 37.9 Å². The van der Waals surface area contributed by atoms with Gasteiger partial charge >= 0.3 is 47.8 Å². The van der Waals surface area contributed by atoms with Crippen molar-refractivity contribution < 1.29 is 95.9 Å². The van der Waals surface area contributed by atoms with Gasteiger partial charge in [-0.25, -0.2) is 38.4 Å². The molecule has 0 amide bonds. The third-order valence-electron chi connectivity index (χ3n) is 13.3. The van der Waals surface area contributed by atoms with E-state index in [1.165, 1.54) is 174 Å². The molecule has 0 aliphatic heterocycles. The Morgan fingerprint density at radius 3 is 0.604 bits per heavy atom. The number of rotatable bonds is 20. The van der Waals surface area contributed by atoms with Crippen molar-refractivity contribution in [3.63, 3.8) is 0 Å². The summed E-state index contributed by atoms with van der Waals surface area (Å²) in [5.74, 6) is -4.92. The van der Waals surface area contributed by atoms with Gasteiger partial charge in [0.05, 0.1) is 141 Å². The van der Waals surface area contributed by atoms with E-state index in [-0.39, 0.29) is 138 Å². The maximum Gasteiger partial charge on any atom is 0.338 e. The molecule has 496 valence electrons. The molecule has 0 N–H and O–H groups in total. The molecule has 8 aromatic carbocycles. The molecule has 0 saturated heterocycles. The Balaban J connectivity index is 0.000000231. The van der Waals surface area contributed by atoms with E-state index >= 15 is 0 Å². The fourth-order valence-corrected chi connectivity index (χ4v) is 9.03. The van der Waals surface area contributed by atoms with Gasteiger partial charge in [-0.05, 0) is 125 Å². The molecule has 0 aliphatic rings. The van der Waals surface area contributed by atoms with E-state index in [4.69, 9.17) is 37.9 Å². The molecule has 96 heavy (non-hydrogen) atoms. The second-order valence-corrected chi connectivity index (χ2v) is 19.0. The molecule has 0 saturated carbocycles. The van der Waals surface area contributed by atoms with Crippen molar-refractivity contribution >= 4 is 70.5 Å². The number of hydrogen-bond donors (Lipinski definition) is 0. The van der Waals surface area contributed by atoms with Gasteiger partial charge in [0, 0.05) is 46.5 Å². The summed E-state index contributed by atoms with van der Waals surface area (Å²) in [6.07, 6.45) is 0. The zero-order valence-corrected chi connectivity index (χ0v) is 52.6. The average molecular weight is 1320 g/mol. The Morgan fingerprint density at radius 2 is 0.448 bits per heavy atom. The Labute approximate surface area is 546 Å². The van der Waals surface area contributed by atoms with Crippen molar-refractivity contribution in [3.8, 4) is 44.5 Å². The first kappa shape index (κ1) is 73.9. The average Bonchev–Trinajstić information content (AvgIpc) is 0.821. The third-order valence-corrected chi connectivity index (χ3v) is 13.3. The molecule has 0 unspecified atom stereocenters. The van der Waals surface area contributed by atoms with Gasteiger partial charge in [0.15, 0.2) is 0 Å². The molecular formula is C68H60N4O24. The van der Waals surface area contributed by atoms with Crippen LogP contribution < -0.4 is 0 Å². The van der Waals surface area contributed by atoms with Crippen molar-refractivity contribution in [2.75, 3.05) is 54.9 Å². The maximum atomic E-state index is 12.0. The molecular weight excluding hydrogens is 1260 g/mol. The molecule has 8 aromatic rings. The van der Waals surface area contributed by atoms with Crippen LogP contribution in [0.15, 0.2) is 170 Å². The van der Waals surface area contributed by atoms with Crippen LogP contribution in [0.5, 0.6) is 0 Å². The number of ether oxygens (including phenoxy) is 8. The van der Waals surface area contributed by atoms with Crippen molar-refractivity contribution in [1.29, 1.82) is 0 Å². The van der Waals surface area contributed by atoms with Crippen LogP contribution in [0.1, 0.15) is 111 Å². The molecule has 0 aliphatic carbocycles. The van der Waals surface area contributed by atoms with Crippen LogP contribution >= 0.6 is 0 Å². The first-order chi connectivity index (χ1) is 46.0. The number of hydrogen-bond acceptors (Lipinski definition) is 24. The molecule has 8 rings (SSSR count). The third kappa shape index (κ3) is 18.6. The van der Waals surface area contributed by atoms with Crippen LogP contribution in [0.25, 0.3) is 44.5 Å². The molecule has 0 bridgehead atoms. The Bertz CT molecular complexity index is 3740. The largest absolute Gasteiger partial charge is 0.465 e. The number of benzene rings is 8. The van der Waals surface area contributed by atoms with Gasteiger partial charge in [-0.2, -0.15) is 0 Å². The number of nitro groups is 4. The molecule has 0 atom stereocenters. The lowest BCUT2D eigenvalue weighted by Gasteiger charge is -2.11. The normalized spacial score (nSPS) is 10.1. The quantitative estimate of drug-likeness (QED) is 0.0296. The van der Waals surface area contributed by atoms with Gasteiger partial charge in [0.1, 0.15) is 0 Å². The number of nitro benzene ring substituents is 4. The Morgan fingerprint density at radius 1 is 0.271 bits per heavy atom. The molecule has 28 nitrogen and oxygen atoms in total. The predicted molar refractivity (Wildman–Crippen MR) is 343 cm³/mol. The van der Waals surface area contributed by atoms with E-state index in [1.807, 2.05) is 0 Å². The van der Waals surface area contributed by atoms with Crippen LogP contribution in [-0.4, -0.2) is 122 Å². The minimum Gasteiger partial charge on any atom is -0.465 e. The number of methoxy groups -OCH3 is 4. The van der Waals surface area contributed by atoms with Crippen LogP contribution in [0, 0.1) is 40.5 Å². The summed E-state index contributed by atoms with van der Waals surface area (Å²) in [6.45, 7) is 7.45. The number of carbonyl (C=O) groups excluding carboxylic acids is 8. The highest BCUT2D eigenvalue weighted by Crippen LogP contribution is 2.38. The lowest BCUT2D eigenvalue weighted by atomic mass is 9.96. The molecule has 0 radical (unpaired) electrons. The van der Waals surface area contributed by atoms with Gasteiger partial charge in [-0.15, -0.1) is 0 Å². The number of esters is 8. The van der Waals surface area contributed by atoms with Crippen molar-refractivity contribution in [2.24, 2.45) is 0 Å². The second kappa shape index (κ2) is 35.6.